The van der Waals surface area contributed by atoms with Crippen LogP contribution >= 0.6 is 11.6 Å². The first-order valence-corrected chi connectivity index (χ1v) is 7.98. The molecule has 4 rings (SSSR count). The van der Waals surface area contributed by atoms with Crippen LogP contribution in [0.1, 0.15) is 0 Å². The highest BCUT2D eigenvalue weighted by molar-refractivity contribution is 6.31. The zero-order valence-electron chi connectivity index (χ0n) is 13.5. The maximum atomic E-state index is 12.4. The van der Waals surface area contributed by atoms with Crippen molar-refractivity contribution in [3.63, 3.8) is 0 Å². The molecule has 2 aromatic carbocycles. The molecule has 130 valence electrons. The molecule has 0 amide bonds. The molecule has 0 bridgehead atoms. The predicted octanol–water partition coefficient (Wildman–Crippen LogP) is 3.61. The summed E-state index contributed by atoms with van der Waals surface area (Å²) in [7, 11) is 1.53. The Morgan fingerprint density at radius 2 is 2.04 bits per heavy atom. The molecule has 8 heteroatoms. The summed E-state index contributed by atoms with van der Waals surface area (Å²) < 4.78 is 10.5. The van der Waals surface area contributed by atoms with Crippen molar-refractivity contribution in [3.8, 4) is 34.3 Å². The first kappa shape index (κ1) is 16.2. The third-order valence-electron chi connectivity index (χ3n) is 3.94. The van der Waals surface area contributed by atoms with E-state index in [1.54, 1.807) is 36.4 Å². The number of methoxy groups -OCH3 is 1. The summed E-state index contributed by atoms with van der Waals surface area (Å²) >= 11 is 5.98. The maximum absolute atomic E-state index is 12.4. The molecule has 0 aliphatic heterocycles. The largest absolute Gasteiger partial charge is 0.506 e. The third kappa shape index (κ3) is 2.58. The molecule has 4 aromatic rings. The minimum atomic E-state index is -0.549. The Balaban J connectivity index is 1.89. The number of benzene rings is 2. The SMILES string of the molecule is COc1ccccc1-c1noc(-c2c(O)c3cc(Cl)ccc3[nH]c2=O)n1. The lowest BCUT2D eigenvalue weighted by Gasteiger charge is -2.05. The molecular weight excluding hydrogens is 358 g/mol. The molecule has 0 saturated heterocycles. The van der Waals surface area contributed by atoms with Crippen LogP contribution in [0, 0.1) is 0 Å². The molecule has 0 radical (unpaired) electrons. The zero-order valence-corrected chi connectivity index (χ0v) is 14.2. The van der Waals surface area contributed by atoms with Gasteiger partial charge in [0.05, 0.1) is 18.2 Å². The van der Waals surface area contributed by atoms with Crippen molar-refractivity contribution < 1.29 is 14.4 Å². The molecular formula is C18H12ClN3O4. The number of nitrogens with zero attached hydrogens (tertiary/aromatic N) is 2. The lowest BCUT2D eigenvalue weighted by atomic mass is 10.1. The molecule has 0 unspecified atom stereocenters. The molecule has 0 spiro atoms. The van der Waals surface area contributed by atoms with Crippen LogP contribution in [0.2, 0.25) is 5.02 Å². The topological polar surface area (TPSA) is 101 Å². The number of rotatable bonds is 3. The summed E-state index contributed by atoms with van der Waals surface area (Å²) in [6.45, 7) is 0. The van der Waals surface area contributed by atoms with Gasteiger partial charge in [-0.3, -0.25) is 4.79 Å². The van der Waals surface area contributed by atoms with E-state index < -0.39 is 5.56 Å². The highest BCUT2D eigenvalue weighted by Gasteiger charge is 2.21. The Morgan fingerprint density at radius 3 is 2.85 bits per heavy atom. The van der Waals surface area contributed by atoms with Gasteiger partial charge in [0.25, 0.3) is 11.4 Å². The van der Waals surface area contributed by atoms with Gasteiger partial charge in [0, 0.05) is 10.4 Å². The van der Waals surface area contributed by atoms with Crippen LogP contribution in [-0.2, 0) is 0 Å². The van der Waals surface area contributed by atoms with E-state index in [-0.39, 0.29) is 23.0 Å². The quantitative estimate of drug-likeness (QED) is 0.572. The summed E-state index contributed by atoms with van der Waals surface area (Å²) in [4.78, 5) is 19.3. The van der Waals surface area contributed by atoms with E-state index >= 15 is 0 Å². The molecule has 2 N–H and O–H groups in total. The van der Waals surface area contributed by atoms with Crippen LogP contribution in [0.5, 0.6) is 11.5 Å². The summed E-state index contributed by atoms with van der Waals surface area (Å²) in [6, 6.07) is 11.9. The molecule has 0 aliphatic carbocycles. The van der Waals surface area contributed by atoms with Crippen LogP contribution in [0.25, 0.3) is 33.7 Å². The van der Waals surface area contributed by atoms with E-state index in [0.29, 0.717) is 27.2 Å². The second-order valence-corrected chi connectivity index (χ2v) is 5.93. The lowest BCUT2D eigenvalue weighted by Crippen LogP contribution is -2.09. The number of aromatic amines is 1. The van der Waals surface area contributed by atoms with Gasteiger partial charge >= 0.3 is 0 Å². The fraction of sp³-hybridized carbons (Fsp3) is 0.0556. The molecule has 2 aromatic heterocycles. The fourth-order valence-electron chi connectivity index (χ4n) is 2.71. The number of para-hydroxylation sites is 1. The van der Waals surface area contributed by atoms with Crippen LogP contribution in [0.4, 0.5) is 0 Å². The molecule has 0 aliphatic rings. The van der Waals surface area contributed by atoms with Crippen LogP contribution < -0.4 is 10.3 Å². The number of halogens is 1. The van der Waals surface area contributed by atoms with Gasteiger partial charge in [0.1, 0.15) is 17.1 Å². The molecule has 26 heavy (non-hydrogen) atoms. The Kier molecular flexibility index (Phi) is 3.85. The minimum Gasteiger partial charge on any atom is -0.506 e. The first-order valence-electron chi connectivity index (χ1n) is 7.60. The van der Waals surface area contributed by atoms with Gasteiger partial charge in [0.2, 0.25) is 5.82 Å². The molecule has 7 nitrogen and oxygen atoms in total. The highest BCUT2D eigenvalue weighted by Crippen LogP contribution is 2.34. The normalized spacial score (nSPS) is 11.0. The standard InChI is InChI=1S/C18H12ClN3O4/c1-25-13-5-3-2-4-10(13)16-21-18(26-22-16)14-15(23)11-8-9(19)6-7-12(11)20-17(14)24/h2-8H,1H3,(H2,20,23,24). The maximum Gasteiger partial charge on any atom is 0.267 e. The zero-order chi connectivity index (χ0) is 18.3. The van der Waals surface area contributed by atoms with Gasteiger partial charge < -0.3 is 19.4 Å². The summed E-state index contributed by atoms with van der Waals surface area (Å²) in [6.07, 6.45) is 0. The fourth-order valence-corrected chi connectivity index (χ4v) is 2.88. The number of hydrogen-bond acceptors (Lipinski definition) is 6. The van der Waals surface area contributed by atoms with Gasteiger partial charge in [-0.05, 0) is 30.3 Å². The molecule has 0 atom stereocenters. The number of nitrogens with one attached hydrogen (secondary N) is 1. The second-order valence-electron chi connectivity index (χ2n) is 5.49. The van der Waals surface area contributed by atoms with Crippen molar-refractivity contribution in [3.05, 3.63) is 57.8 Å². The monoisotopic (exact) mass is 369 g/mol. The van der Waals surface area contributed by atoms with Crippen LogP contribution in [0.15, 0.2) is 51.8 Å². The van der Waals surface area contributed by atoms with Gasteiger partial charge in [0.15, 0.2) is 0 Å². The van der Waals surface area contributed by atoms with E-state index in [1.807, 2.05) is 6.07 Å². The van der Waals surface area contributed by atoms with Gasteiger partial charge in [-0.2, -0.15) is 4.98 Å². The van der Waals surface area contributed by atoms with Crippen molar-refractivity contribution in [2.75, 3.05) is 7.11 Å². The lowest BCUT2D eigenvalue weighted by molar-refractivity contribution is 0.412. The Morgan fingerprint density at radius 1 is 1.23 bits per heavy atom. The Hall–Kier alpha value is -3.32. The average molecular weight is 370 g/mol. The van der Waals surface area contributed by atoms with E-state index in [1.165, 1.54) is 7.11 Å². The molecule has 0 fully saturated rings. The minimum absolute atomic E-state index is 0.105. The van der Waals surface area contributed by atoms with Crippen molar-refractivity contribution in [1.82, 2.24) is 15.1 Å². The summed E-state index contributed by atoms with van der Waals surface area (Å²) in [5.74, 6) is 0.415. The van der Waals surface area contributed by atoms with Gasteiger partial charge in [-0.15, -0.1) is 0 Å². The van der Waals surface area contributed by atoms with Gasteiger partial charge in [-0.1, -0.05) is 28.9 Å². The van der Waals surface area contributed by atoms with Gasteiger partial charge in [-0.25, -0.2) is 0 Å². The van der Waals surface area contributed by atoms with Crippen LogP contribution in [0.3, 0.4) is 0 Å². The van der Waals surface area contributed by atoms with Crippen molar-refractivity contribution in [2.45, 2.75) is 0 Å². The number of ether oxygens (including phenoxy) is 1. The Bertz CT molecular complexity index is 1180. The number of aromatic nitrogens is 3. The average Bonchev–Trinajstić information content (AvgIpc) is 3.12. The number of H-pyrrole nitrogens is 1. The summed E-state index contributed by atoms with van der Waals surface area (Å²) in [5, 5.41) is 15.3. The molecule has 0 saturated carbocycles. The highest BCUT2D eigenvalue weighted by atomic mass is 35.5. The smallest absolute Gasteiger partial charge is 0.267 e. The van der Waals surface area contributed by atoms with Crippen molar-refractivity contribution in [1.29, 1.82) is 0 Å². The number of aromatic hydroxyl groups is 1. The van der Waals surface area contributed by atoms with E-state index in [9.17, 15) is 9.90 Å². The second kappa shape index (κ2) is 6.20. The Labute approximate surface area is 151 Å². The summed E-state index contributed by atoms with van der Waals surface area (Å²) in [5.41, 5.74) is 0.385. The van der Waals surface area contributed by atoms with E-state index in [2.05, 4.69) is 15.1 Å². The van der Waals surface area contributed by atoms with E-state index in [0.717, 1.165) is 0 Å². The predicted molar refractivity (Wildman–Crippen MR) is 96.5 cm³/mol. The number of fused-ring (bicyclic) bond motifs is 1. The first-order chi connectivity index (χ1) is 12.6. The number of hydrogen-bond donors (Lipinski definition) is 2. The van der Waals surface area contributed by atoms with Crippen molar-refractivity contribution >= 4 is 22.5 Å². The van der Waals surface area contributed by atoms with E-state index in [4.69, 9.17) is 20.9 Å². The molecule has 2 heterocycles. The van der Waals surface area contributed by atoms with Crippen molar-refractivity contribution in [2.24, 2.45) is 0 Å². The third-order valence-corrected chi connectivity index (χ3v) is 4.17. The van der Waals surface area contributed by atoms with Crippen LogP contribution in [-0.4, -0.2) is 27.3 Å². The number of pyridine rings is 1.